The summed E-state index contributed by atoms with van der Waals surface area (Å²) in [5.41, 5.74) is 0.184. The predicted octanol–water partition coefficient (Wildman–Crippen LogP) is 3.34. The van der Waals surface area contributed by atoms with Crippen molar-refractivity contribution >= 4 is 35.6 Å². The molecule has 3 N–H and O–H groups in total. The minimum atomic E-state index is -0.690. The lowest BCUT2D eigenvalue weighted by Gasteiger charge is -2.34. The Kier molecular flexibility index (Phi) is 13.1. The van der Waals surface area contributed by atoms with Gasteiger partial charge in [-0.3, -0.25) is 14.4 Å². The number of carbonyl (C=O) groups excluding carboxylic acids is 4. The fourth-order valence-corrected chi connectivity index (χ4v) is 4.94. The molecule has 0 aliphatic carbocycles. The molecule has 1 aromatic carbocycles. The zero-order chi connectivity index (χ0) is 29.9. The van der Waals surface area contributed by atoms with Crippen molar-refractivity contribution in [3.63, 3.8) is 0 Å². The van der Waals surface area contributed by atoms with Crippen LogP contribution in [-0.4, -0.2) is 78.6 Å². The fourth-order valence-electron chi connectivity index (χ4n) is 4.47. The SMILES string of the molecule is COc1ccccc1CNC(=O)[C@@H](NC(=O)C1CCN(C(=O)[C@H](CCSC)NC(=O)OC(C)(C)C)CC1)C(C)C. The fraction of sp³-hybridized carbons (Fsp3) is 0.655. The lowest BCUT2D eigenvalue weighted by molar-refractivity contribution is -0.138. The van der Waals surface area contributed by atoms with Gasteiger partial charge in [-0.2, -0.15) is 11.8 Å². The molecule has 4 amide bonds. The third kappa shape index (κ3) is 10.6. The number of amides is 4. The van der Waals surface area contributed by atoms with Crippen LogP contribution in [0.15, 0.2) is 24.3 Å². The number of benzene rings is 1. The highest BCUT2D eigenvalue weighted by molar-refractivity contribution is 7.98. The lowest BCUT2D eigenvalue weighted by Crippen LogP contribution is -2.54. The smallest absolute Gasteiger partial charge is 0.408 e. The van der Waals surface area contributed by atoms with Crippen LogP contribution in [0.4, 0.5) is 4.79 Å². The summed E-state index contributed by atoms with van der Waals surface area (Å²) in [7, 11) is 1.58. The molecule has 11 heteroatoms. The van der Waals surface area contributed by atoms with Gasteiger partial charge in [-0.1, -0.05) is 32.0 Å². The molecule has 1 saturated heterocycles. The second kappa shape index (κ2) is 15.7. The molecule has 1 aliphatic heterocycles. The standard InChI is InChI=1S/C29H46N4O6S/c1-19(2)24(26(35)30-18-21-10-8-9-11-23(21)38-6)32-25(34)20-12-15-33(16-13-20)27(36)22(14-17-40-7)31-28(37)39-29(3,4)5/h8-11,19-20,22,24H,12-18H2,1-7H3,(H,30,35)(H,31,37)(H,32,34)/t22-,24-/m0/s1. The topological polar surface area (TPSA) is 126 Å². The van der Waals surface area contributed by atoms with Gasteiger partial charge in [-0.05, 0) is 64.0 Å². The molecular weight excluding hydrogens is 532 g/mol. The number of para-hydroxylation sites is 1. The van der Waals surface area contributed by atoms with Gasteiger partial charge in [0.25, 0.3) is 0 Å². The van der Waals surface area contributed by atoms with Crippen LogP contribution >= 0.6 is 11.8 Å². The molecule has 0 unspecified atom stereocenters. The minimum Gasteiger partial charge on any atom is -0.496 e. The van der Waals surface area contributed by atoms with Crippen molar-refractivity contribution in [2.75, 3.05) is 32.2 Å². The Hall–Kier alpha value is -2.95. The van der Waals surface area contributed by atoms with Gasteiger partial charge in [-0.25, -0.2) is 4.79 Å². The van der Waals surface area contributed by atoms with Crippen molar-refractivity contribution in [2.45, 2.75) is 78.1 Å². The monoisotopic (exact) mass is 578 g/mol. The second-order valence-corrected chi connectivity index (χ2v) is 12.3. The van der Waals surface area contributed by atoms with Gasteiger partial charge in [0.05, 0.1) is 7.11 Å². The van der Waals surface area contributed by atoms with E-state index in [-0.39, 0.29) is 36.1 Å². The summed E-state index contributed by atoms with van der Waals surface area (Å²) in [5.74, 6) is 0.354. The van der Waals surface area contributed by atoms with Gasteiger partial charge in [-0.15, -0.1) is 0 Å². The molecule has 0 aromatic heterocycles. The van der Waals surface area contributed by atoms with Gasteiger partial charge in [0.1, 0.15) is 23.4 Å². The van der Waals surface area contributed by atoms with E-state index in [0.29, 0.717) is 43.9 Å². The van der Waals surface area contributed by atoms with E-state index in [9.17, 15) is 19.2 Å². The van der Waals surface area contributed by atoms with Crippen LogP contribution < -0.4 is 20.7 Å². The van der Waals surface area contributed by atoms with Gasteiger partial charge in [0, 0.05) is 31.1 Å². The van der Waals surface area contributed by atoms with Crippen LogP contribution in [0.25, 0.3) is 0 Å². The van der Waals surface area contributed by atoms with Crippen molar-refractivity contribution in [2.24, 2.45) is 11.8 Å². The number of nitrogens with one attached hydrogen (secondary N) is 3. The van der Waals surface area contributed by atoms with Gasteiger partial charge >= 0.3 is 6.09 Å². The molecule has 2 rings (SSSR count). The number of hydrogen-bond donors (Lipinski definition) is 3. The molecule has 1 aromatic rings. The van der Waals surface area contributed by atoms with Crippen molar-refractivity contribution in [1.29, 1.82) is 0 Å². The van der Waals surface area contributed by atoms with Crippen molar-refractivity contribution < 1.29 is 28.7 Å². The van der Waals surface area contributed by atoms with Crippen LogP contribution in [-0.2, 0) is 25.7 Å². The Labute approximate surface area is 242 Å². The van der Waals surface area contributed by atoms with E-state index < -0.39 is 23.8 Å². The Morgan fingerprint density at radius 1 is 1.07 bits per heavy atom. The van der Waals surface area contributed by atoms with Crippen molar-refractivity contribution in [1.82, 2.24) is 20.9 Å². The van der Waals surface area contributed by atoms with Crippen LogP contribution in [0, 0.1) is 11.8 Å². The maximum absolute atomic E-state index is 13.3. The molecule has 10 nitrogen and oxygen atoms in total. The molecule has 224 valence electrons. The highest BCUT2D eigenvalue weighted by Crippen LogP contribution is 2.21. The molecular formula is C29H46N4O6S. The third-order valence-corrected chi connectivity index (χ3v) is 7.31. The van der Waals surface area contributed by atoms with Gasteiger partial charge in [0.2, 0.25) is 17.7 Å². The number of thioether (sulfide) groups is 1. The van der Waals surface area contributed by atoms with Crippen molar-refractivity contribution in [3.05, 3.63) is 29.8 Å². The van der Waals surface area contributed by atoms with Gasteiger partial charge in [0.15, 0.2) is 0 Å². The van der Waals surface area contributed by atoms with E-state index >= 15 is 0 Å². The summed E-state index contributed by atoms with van der Waals surface area (Å²) in [6.07, 6.45) is 2.77. The summed E-state index contributed by atoms with van der Waals surface area (Å²) in [4.78, 5) is 53.4. The second-order valence-electron chi connectivity index (χ2n) is 11.3. The number of ether oxygens (including phenoxy) is 2. The summed E-state index contributed by atoms with van der Waals surface area (Å²) >= 11 is 1.60. The van der Waals surface area contributed by atoms with Gasteiger partial charge < -0.3 is 30.3 Å². The van der Waals surface area contributed by atoms with E-state index in [4.69, 9.17) is 9.47 Å². The summed E-state index contributed by atoms with van der Waals surface area (Å²) < 4.78 is 10.7. The molecule has 2 atom stereocenters. The quantitative estimate of drug-likeness (QED) is 0.347. The molecule has 1 fully saturated rings. The predicted molar refractivity (Wildman–Crippen MR) is 157 cm³/mol. The number of rotatable bonds is 12. The first-order valence-corrected chi connectivity index (χ1v) is 15.2. The number of carbonyl (C=O) groups is 4. The largest absolute Gasteiger partial charge is 0.496 e. The molecule has 0 radical (unpaired) electrons. The normalized spacial score (nSPS) is 15.7. The number of likely N-dealkylation sites (tertiary alicyclic amines) is 1. The Morgan fingerprint density at radius 2 is 1.73 bits per heavy atom. The number of methoxy groups -OCH3 is 1. The Balaban J connectivity index is 1.93. The van der Waals surface area contributed by atoms with Crippen LogP contribution in [0.2, 0.25) is 0 Å². The third-order valence-electron chi connectivity index (χ3n) is 6.67. The maximum Gasteiger partial charge on any atom is 0.408 e. The Bertz CT molecular complexity index is 1000. The number of alkyl carbamates (subject to hydrolysis) is 1. The highest BCUT2D eigenvalue weighted by atomic mass is 32.2. The van der Waals surface area contributed by atoms with E-state index in [0.717, 1.165) is 5.56 Å². The highest BCUT2D eigenvalue weighted by Gasteiger charge is 2.34. The van der Waals surface area contributed by atoms with E-state index in [2.05, 4.69) is 16.0 Å². The zero-order valence-electron chi connectivity index (χ0n) is 24.9. The van der Waals surface area contributed by atoms with E-state index in [1.165, 1.54) is 0 Å². The Morgan fingerprint density at radius 3 is 2.30 bits per heavy atom. The minimum absolute atomic E-state index is 0.112. The molecule has 40 heavy (non-hydrogen) atoms. The zero-order valence-corrected chi connectivity index (χ0v) is 25.7. The first-order valence-electron chi connectivity index (χ1n) is 13.8. The van der Waals surface area contributed by atoms with Crippen LogP contribution in [0.1, 0.15) is 59.4 Å². The molecule has 1 heterocycles. The van der Waals surface area contributed by atoms with Crippen LogP contribution in [0.5, 0.6) is 5.75 Å². The first-order chi connectivity index (χ1) is 18.9. The van der Waals surface area contributed by atoms with Crippen LogP contribution in [0.3, 0.4) is 0 Å². The average molecular weight is 579 g/mol. The number of hydrogen-bond acceptors (Lipinski definition) is 7. The molecule has 0 saturated carbocycles. The lowest BCUT2D eigenvalue weighted by atomic mass is 9.94. The van der Waals surface area contributed by atoms with Crippen molar-refractivity contribution in [3.8, 4) is 5.75 Å². The van der Waals surface area contributed by atoms with E-state index in [1.54, 1.807) is 44.5 Å². The summed E-state index contributed by atoms with van der Waals surface area (Å²) in [6.45, 7) is 10.2. The molecule has 0 bridgehead atoms. The van der Waals surface area contributed by atoms with E-state index in [1.807, 2.05) is 44.4 Å². The average Bonchev–Trinajstić information content (AvgIpc) is 2.91. The first kappa shape index (κ1) is 33.3. The summed E-state index contributed by atoms with van der Waals surface area (Å²) in [5, 5.41) is 8.57. The summed E-state index contributed by atoms with van der Waals surface area (Å²) in [6, 6.07) is 6.08. The molecule has 1 aliphatic rings. The number of nitrogens with zero attached hydrogens (tertiary/aromatic N) is 1. The maximum atomic E-state index is 13.3. The molecule has 0 spiro atoms. The number of piperidine rings is 1.